The highest BCUT2D eigenvalue weighted by Gasteiger charge is 2.34. The van der Waals surface area contributed by atoms with Gasteiger partial charge in [0.05, 0.1) is 42.7 Å². The molecular weight excluding hydrogens is 420 g/mol. The van der Waals surface area contributed by atoms with Gasteiger partial charge in [0.15, 0.2) is 0 Å². The number of hydrogen-bond donors (Lipinski definition) is 2. The van der Waals surface area contributed by atoms with E-state index in [9.17, 15) is 9.59 Å². The van der Waals surface area contributed by atoms with Crippen molar-refractivity contribution in [1.29, 1.82) is 0 Å². The molecule has 0 spiro atoms. The van der Waals surface area contributed by atoms with Crippen molar-refractivity contribution >= 4 is 29.3 Å². The molecule has 2 aromatic rings. The van der Waals surface area contributed by atoms with Crippen LogP contribution < -0.4 is 20.1 Å². The third-order valence-electron chi connectivity index (χ3n) is 4.70. The van der Waals surface area contributed by atoms with Crippen LogP contribution in [0.25, 0.3) is 5.70 Å². The number of esters is 1. The van der Waals surface area contributed by atoms with E-state index in [0.29, 0.717) is 40.0 Å². The Balaban J connectivity index is 2.09. The molecule has 8 heteroatoms. The summed E-state index contributed by atoms with van der Waals surface area (Å²) in [5, 5.41) is 5.94. The highest BCUT2D eigenvalue weighted by Crippen LogP contribution is 2.35. The SMILES string of the molecule is CCCOc1ccc(C2NC(=O)NC(c3ccc(OC)cc3)=C2C(=O)OCC)cc1Cl. The first-order valence-corrected chi connectivity index (χ1v) is 10.4. The van der Waals surface area contributed by atoms with E-state index in [1.807, 2.05) is 6.92 Å². The second-order valence-electron chi connectivity index (χ2n) is 6.81. The Labute approximate surface area is 186 Å². The van der Waals surface area contributed by atoms with E-state index in [4.69, 9.17) is 25.8 Å². The summed E-state index contributed by atoms with van der Waals surface area (Å²) in [6.07, 6.45) is 0.851. The molecule has 31 heavy (non-hydrogen) atoms. The molecule has 1 atom stereocenters. The zero-order valence-corrected chi connectivity index (χ0v) is 18.4. The third kappa shape index (κ3) is 5.11. The molecule has 1 heterocycles. The van der Waals surface area contributed by atoms with Crippen molar-refractivity contribution in [2.45, 2.75) is 26.3 Å². The van der Waals surface area contributed by atoms with Crippen molar-refractivity contribution < 1.29 is 23.8 Å². The number of carbonyl (C=O) groups excluding carboxylic acids is 2. The molecule has 3 rings (SSSR count). The molecule has 164 valence electrons. The fourth-order valence-electron chi connectivity index (χ4n) is 3.25. The van der Waals surface area contributed by atoms with Crippen LogP contribution in [0.1, 0.15) is 37.4 Å². The lowest BCUT2D eigenvalue weighted by Crippen LogP contribution is -2.45. The summed E-state index contributed by atoms with van der Waals surface area (Å²) >= 11 is 6.40. The summed E-state index contributed by atoms with van der Waals surface area (Å²) in [5.41, 5.74) is 1.94. The van der Waals surface area contributed by atoms with Crippen LogP contribution in [-0.4, -0.2) is 32.3 Å². The monoisotopic (exact) mass is 444 g/mol. The van der Waals surface area contributed by atoms with Gasteiger partial charge in [-0.2, -0.15) is 0 Å². The molecule has 0 saturated carbocycles. The first kappa shape index (κ1) is 22.5. The Morgan fingerprint density at radius 2 is 1.87 bits per heavy atom. The summed E-state index contributed by atoms with van der Waals surface area (Å²) in [4.78, 5) is 25.4. The normalized spacial score (nSPS) is 15.7. The van der Waals surface area contributed by atoms with Gasteiger partial charge in [-0.1, -0.05) is 24.6 Å². The Kier molecular flexibility index (Phi) is 7.41. The highest BCUT2D eigenvalue weighted by molar-refractivity contribution is 6.32. The van der Waals surface area contributed by atoms with Crippen molar-refractivity contribution in [3.8, 4) is 11.5 Å². The summed E-state index contributed by atoms with van der Waals surface area (Å²) in [7, 11) is 1.57. The minimum atomic E-state index is -0.748. The fourth-order valence-corrected chi connectivity index (χ4v) is 3.50. The third-order valence-corrected chi connectivity index (χ3v) is 4.99. The molecule has 0 aliphatic carbocycles. The van der Waals surface area contributed by atoms with Gasteiger partial charge in [0, 0.05) is 0 Å². The van der Waals surface area contributed by atoms with E-state index in [-0.39, 0.29) is 12.2 Å². The fraction of sp³-hybridized carbons (Fsp3) is 0.304. The molecular formula is C23H25ClN2O5. The second-order valence-corrected chi connectivity index (χ2v) is 7.21. The lowest BCUT2D eigenvalue weighted by Gasteiger charge is -2.29. The molecule has 2 aromatic carbocycles. The topological polar surface area (TPSA) is 85.9 Å². The number of carbonyl (C=O) groups is 2. The van der Waals surface area contributed by atoms with Crippen LogP contribution in [0, 0.1) is 0 Å². The average Bonchev–Trinajstić information content (AvgIpc) is 2.77. The van der Waals surface area contributed by atoms with Gasteiger partial charge in [0.2, 0.25) is 0 Å². The average molecular weight is 445 g/mol. The molecule has 1 aliphatic rings. The van der Waals surface area contributed by atoms with Crippen LogP contribution in [0.15, 0.2) is 48.0 Å². The molecule has 2 N–H and O–H groups in total. The van der Waals surface area contributed by atoms with E-state index < -0.39 is 18.0 Å². The van der Waals surface area contributed by atoms with Gasteiger partial charge in [-0.05, 0) is 60.9 Å². The van der Waals surface area contributed by atoms with E-state index in [1.165, 1.54) is 0 Å². The number of urea groups is 1. The molecule has 1 unspecified atom stereocenters. The maximum atomic E-state index is 12.9. The van der Waals surface area contributed by atoms with Crippen LogP contribution >= 0.6 is 11.6 Å². The highest BCUT2D eigenvalue weighted by atomic mass is 35.5. The van der Waals surface area contributed by atoms with Crippen LogP contribution in [0.2, 0.25) is 5.02 Å². The van der Waals surface area contributed by atoms with Gasteiger partial charge in [-0.3, -0.25) is 0 Å². The zero-order valence-electron chi connectivity index (χ0n) is 17.7. The van der Waals surface area contributed by atoms with Crippen LogP contribution in [0.5, 0.6) is 11.5 Å². The van der Waals surface area contributed by atoms with Gasteiger partial charge in [0.25, 0.3) is 0 Å². The molecule has 2 amide bonds. The predicted molar refractivity (Wildman–Crippen MR) is 118 cm³/mol. The number of hydrogen-bond acceptors (Lipinski definition) is 5. The van der Waals surface area contributed by atoms with Crippen LogP contribution in [0.3, 0.4) is 0 Å². The molecule has 0 saturated heterocycles. The van der Waals surface area contributed by atoms with Crippen molar-refractivity contribution in [2.75, 3.05) is 20.3 Å². The quantitative estimate of drug-likeness (QED) is 0.587. The number of halogens is 1. The predicted octanol–water partition coefficient (Wildman–Crippen LogP) is 4.47. The maximum absolute atomic E-state index is 12.9. The Hall–Kier alpha value is -3.19. The summed E-state index contributed by atoms with van der Waals surface area (Å²) in [5.74, 6) is 0.672. The smallest absolute Gasteiger partial charge is 0.338 e. The summed E-state index contributed by atoms with van der Waals surface area (Å²) < 4.78 is 16.1. The van der Waals surface area contributed by atoms with E-state index in [0.717, 1.165) is 6.42 Å². The minimum Gasteiger partial charge on any atom is -0.497 e. The largest absolute Gasteiger partial charge is 0.497 e. The molecule has 1 aliphatic heterocycles. The second kappa shape index (κ2) is 10.2. The van der Waals surface area contributed by atoms with Gasteiger partial charge in [-0.15, -0.1) is 0 Å². The Bertz CT molecular complexity index is 988. The Morgan fingerprint density at radius 3 is 2.48 bits per heavy atom. The molecule has 0 bridgehead atoms. The van der Waals surface area contributed by atoms with E-state index in [1.54, 1.807) is 56.5 Å². The lowest BCUT2D eigenvalue weighted by atomic mass is 9.92. The molecule has 0 fully saturated rings. The number of benzene rings is 2. The van der Waals surface area contributed by atoms with Gasteiger partial charge >= 0.3 is 12.0 Å². The lowest BCUT2D eigenvalue weighted by molar-refractivity contribution is -0.138. The van der Waals surface area contributed by atoms with Crippen LogP contribution in [-0.2, 0) is 9.53 Å². The molecule has 0 aromatic heterocycles. The first-order chi connectivity index (χ1) is 15.0. The Morgan fingerprint density at radius 1 is 1.13 bits per heavy atom. The number of ether oxygens (including phenoxy) is 3. The van der Waals surface area contributed by atoms with Gasteiger partial charge in [-0.25, -0.2) is 9.59 Å². The van der Waals surface area contributed by atoms with Crippen molar-refractivity contribution in [3.63, 3.8) is 0 Å². The zero-order chi connectivity index (χ0) is 22.4. The number of methoxy groups -OCH3 is 1. The number of nitrogens with one attached hydrogen (secondary N) is 2. The van der Waals surface area contributed by atoms with Gasteiger partial charge < -0.3 is 24.8 Å². The van der Waals surface area contributed by atoms with E-state index >= 15 is 0 Å². The summed E-state index contributed by atoms with van der Waals surface area (Å²) in [6.45, 7) is 4.47. The molecule has 7 nitrogen and oxygen atoms in total. The summed E-state index contributed by atoms with van der Waals surface area (Å²) in [6, 6.07) is 11.1. The first-order valence-electron chi connectivity index (χ1n) is 10.0. The molecule has 0 radical (unpaired) electrons. The van der Waals surface area contributed by atoms with Crippen LogP contribution in [0.4, 0.5) is 4.79 Å². The minimum absolute atomic E-state index is 0.198. The standard InChI is InChI=1S/C23H25ClN2O5/c1-4-12-31-18-11-8-15(13-17(18)24)21-19(22(27)30-5-2)20(25-23(28)26-21)14-6-9-16(29-3)10-7-14/h6-11,13,21H,4-5,12H2,1-3H3,(H2,25,26,28). The maximum Gasteiger partial charge on any atom is 0.338 e. The number of rotatable bonds is 8. The van der Waals surface area contributed by atoms with Crippen molar-refractivity contribution in [3.05, 3.63) is 64.2 Å². The van der Waals surface area contributed by atoms with Crippen molar-refractivity contribution in [2.24, 2.45) is 0 Å². The van der Waals surface area contributed by atoms with E-state index in [2.05, 4.69) is 10.6 Å². The van der Waals surface area contributed by atoms with Crippen molar-refractivity contribution in [1.82, 2.24) is 10.6 Å². The van der Waals surface area contributed by atoms with Gasteiger partial charge in [0.1, 0.15) is 11.5 Å². The number of amides is 2.